The van der Waals surface area contributed by atoms with Crippen molar-refractivity contribution >= 4 is 48.9 Å². The molecule has 2 aromatic carbocycles. The van der Waals surface area contributed by atoms with E-state index in [-0.39, 0.29) is 16.6 Å². The topological polar surface area (TPSA) is 107 Å². The van der Waals surface area contributed by atoms with Crippen LogP contribution in [0.15, 0.2) is 41.2 Å². The normalized spacial score (nSPS) is 12.6. The van der Waals surface area contributed by atoms with Crippen LogP contribution in [-0.2, 0) is 14.8 Å². The third-order valence-electron chi connectivity index (χ3n) is 5.11. The molecule has 0 spiro atoms. The van der Waals surface area contributed by atoms with Crippen molar-refractivity contribution in [2.75, 3.05) is 30.1 Å². The summed E-state index contributed by atoms with van der Waals surface area (Å²) in [5, 5.41) is 2.76. The predicted molar refractivity (Wildman–Crippen MR) is 131 cm³/mol. The summed E-state index contributed by atoms with van der Waals surface area (Å²) in [4.78, 5) is 25.2. The number of carbonyl (C=O) groups is 1. The van der Waals surface area contributed by atoms with Crippen LogP contribution in [-0.4, -0.2) is 45.4 Å². The first-order valence-corrected chi connectivity index (χ1v) is 12.8. The highest BCUT2D eigenvalue weighted by atomic mass is 32.2. The second-order valence-electron chi connectivity index (χ2n) is 7.78. The van der Waals surface area contributed by atoms with Crippen molar-refractivity contribution in [2.45, 2.75) is 32.9 Å². The number of anilines is 2. The Bertz CT molecular complexity index is 1340. The van der Waals surface area contributed by atoms with Gasteiger partial charge in [0.25, 0.3) is 0 Å². The van der Waals surface area contributed by atoms with Gasteiger partial charge in [-0.05, 0) is 51.1 Å². The van der Waals surface area contributed by atoms with Gasteiger partial charge in [0.05, 0.1) is 36.4 Å². The van der Waals surface area contributed by atoms with E-state index in [2.05, 4.69) is 5.32 Å². The Morgan fingerprint density at radius 1 is 1.06 bits per heavy atom. The van der Waals surface area contributed by atoms with Crippen LogP contribution in [0.25, 0.3) is 10.2 Å². The number of methoxy groups -OCH3 is 2. The van der Waals surface area contributed by atoms with Crippen molar-refractivity contribution in [3.63, 3.8) is 0 Å². The summed E-state index contributed by atoms with van der Waals surface area (Å²) in [5.41, 5.74) is 1.52. The van der Waals surface area contributed by atoms with Gasteiger partial charge in [-0.2, -0.15) is 0 Å². The molecule has 0 unspecified atom stereocenters. The molecule has 1 N–H and O–H groups in total. The Morgan fingerprint density at radius 2 is 1.73 bits per heavy atom. The van der Waals surface area contributed by atoms with Gasteiger partial charge in [-0.1, -0.05) is 11.3 Å². The average Bonchev–Trinajstić information content (AvgIpc) is 3.07. The van der Waals surface area contributed by atoms with E-state index in [4.69, 9.17) is 9.47 Å². The zero-order chi connectivity index (χ0) is 24.5. The lowest BCUT2D eigenvalue weighted by molar-refractivity contribution is -0.116. The summed E-state index contributed by atoms with van der Waals surface area (Å²) < 4.78 is 39.1. The van der Waals surface area contributed by atoms with Crippen molar-refractivity contribution in [2.24, 2.45) is 0 Å². The van der Waals surface area contributed by atoms with Gasteiger partial charge in [-0.15, -0.1) is 0 Å². The molecule has 178 valence electrons. The Morgan fingerprint density at radius 3 is 2.30 bits per heavy atom. The van der Waals surface area contributed by atoms with E-state index >= 15 is 0 Å². The molecule has 1 amide bonds. The second kappa shape index (κ2) is 9.44. The van der Waals surface area contributed by atoms with Crippen molar-refractivity contribution in [1.82, 2.24) is 4.57 Å². The number of rotatable bonds is 8. The van der Waals surface area contributed by atoms with Crippen molar-refractivity contribution in [3.05, 3.63) is 46.1 Å². The van der Waals surface area contributed by atoms with Crippen LogP contribution in [0.2, 0.25) is 0 Å². The van der Waals surface area contributed by atoms with E-state index in [1.165, 1.54) is 27.2 Å². The molecule has 3 aromatic rings. The Labute approximate surface area is 196 Å². The van der Waals surface area contributed by atoms with Gasteiger partial charge in [0.2, 0.25) is 15.9 Å². The first-order valence-electron chi connectivity index (χ1n) is 10.1. The van der Waals surface area contributed by atoms with Crippen LogP contribution in [0.5, 0.6) is 11.5 Å². The maximum atomic E-state index is 13.0. The number of nitrogens with zero attached hydrogens (tertiary/aromatic N) is 2. The van der Waals surface area contributed by atoms with Crippen LogP contribution >= 0.6 is 11.3 Å². The molecule has 3 rings (SSSR count). The number of fused-ring (bicyclic) bond motifs is 1. The van der Waals surface area contributed by atoms with Crippen LogP contribution in [0, 0.1) is 0 Å². The molecule has 11 heteroatoms. The molecule has 0 aliphatic carbocycles. The third-order valence-corrected chi connectivity index (χ3v) is 7.27. The molecule has 0 aliphatic rings. The number of sulfonamides is 1. The minimum absolute atomic E-state index is 0.0107. The van der Waals surface area contributed by atoms with E-state index in [0.717, 1.165) is 32.1 Å². The van der Waals surface area contributed by atoms with E-state index in [0.29, 0.717) is 17.2 Å². The number of amides is 1. The number of benzene rings is 2. The predicted octanol–water partition coefficient (Wildman–Crippen LogP) is 3.45. The summed E-state index contributed by atoms with van der Waals surface area (Å²) in [6.07, 6.45) is 1.03. The summed E-state index contributed by atoms with van der Waals surface area (Å²) in [6, 6.07) is 8.75. The Hall–Kier alpha value is -3.05. The number of carbonyl (C=O) groups excluding carboxylic acids is 1. The van der Waals surface area contributed by atoms with E-state index in [1.807, 2.05) is 13.8 Å². The molecule has 1 aromatic heterocycles. The van der Waals surface area contributed by atoms with Crippen molar-refractivity contribution in [3.8, 4) is 11.5 Å². The molecule has 0 radical (unpaired) electrons. The summed E-state index contributed by atoms with van der Waals surface area (Å²) in [7, 11) is -0.891. The molecule has 1 heterocycles. The molecule has 0 saturated carbocycles. The Kier molecular flexibility index (Phi) is 7.03. The summed E-state index contributed by atoms with van der Waals surface area (Å²) >= 11 is 1.10. The second-order valence-corrected chi connectivity index (χ2v) is 10.6. The fourth-order valence-electron chi connectivity index (χ4n) is 3.62. The maximum Gasteiger partial charge on any atom is 0.308 e. The monoisotopic (exact) mass is 493 g/mol. The summed E-state index contributed by atoms with van der Waals surface area (Å²) in [5.74, 6) is 0.254. The fraction of sp³-hybridized carbons (Fsp3) is 0.364. The quantitative estimate of drug-likeness (QED) is 0.515. The van der Waals surface area contributed by atoms with E-state index in [9.17, 15) is 18.0 Å². The van der Waals surface area contributed by atoms with Gasteiger partial charge in [-0.25, -0.2) is 8.42 Å². The highest BCUT2D eigenvalue weighted by molar-refractivity contribution is 7.92. The van der Waals surface area contributed by atoms with Gasteiger partial charge in [0, 0.05) is 17.8 Å². The van der Waals surface area contributed by atoms with Gasteiger partial charge >= 0.3 is 4.87 Å². The van der Waals surface area contributed by atoms with E-state index in [1.54, 1.807) is 34.9 Å². The average molecular weight is 494 g/mol. The largest absolute Gasteiger partial charge is 0.493 e. The van der Waals surface area contributed by atoms with Crippen LogP contribution in [0.4, 0.5) is 11.4 Å². The standard InChI is InChI=1S/C22H27N3O6S2/c1-13(2)24-17-9-7-15(11-20(17)32-22(24)27)23-21(26)14(3)25(33(6,28)29)16-8-10-18(30-4)19(12-16)31-5/h7-14H,1-6H3,(H,23,26)/t14-/m0/s1. The summed E-state index contributed by atoms with van der Waals surface area (Å²) in [6.45, 7) is 5.36. The number of ether oxygens (including phenoxy) is 2. The molecule has 33 heavy (non-hydrogen) atoms. The number of aromatic nitrogens is 1. The van der Waals surface area contributed by atoms with Gasteiger partial charge in [0.1, 0.15) is 6.04 Å². The van der Waals surface area contributed by atoms with E-state index < -0.39 is 22.0 Å². The lowest BCUT2D eigenvalue weighted by Gasteiger charge is -2.28. The number of nitrogens with one attached hydrogen (secondary N) is 1. The lowest BCUT2D eigenvalue weighted by atomic mass is 10.2. The highest BCUT2D eigenvalue weighted by Gasteiger charge is 2.30. The number of hydrogen-bond acceptors (Lipinski definition) is 7. The van der Waals surface area contributed by atoms with Crippen molar-refractivity contribution < 1.29 is 22.7 Å². The fourth-order valence-corrected chi connectivity index (χ4v) is 5.84. The molecule has 9 nitrogen and oxygen atoms in total. The minimum atomic E-state index is -3.81. The zero-order valence-corrected chi connectivity index (χ0v) is 20.9. The maximum absolute atomic E-state index is 13.0. The Balaban J connectivity index is 1.92. The highest BCUT2D eigenvalue weighted by Crippen LogP contribution is 2.33. The zero-order valence-electron chi connectivity index (χ0n) is 19.3. The molecule has 0 bridgehead atoms. The van der Waals surface area contributed by atoms with Crippen LogP contribution in [0.3, 0.4) is 0 Å². The molecular formula is C22H27N3O6S2. The first kappa shape index (κ1) is 24.6. The number of thiazole rings is 1. The smallest absolute Gasteiger partial charge is 0.308 e. The lowest BCUT2D eigenvalue weighted by Crippen LogP contribution is -2.45. The van der Waals surface area contributed by atoms with Crippen LogP contribution < -0.4 is 24.0 Å². The first-order chi connectivity index (χ1) is 15.5. The van der Waals surface area contributed by atoms with Gasteiger partial charge in [0.15, 0.2) is 11.5 Å². The van der Waals surface area contributed by atoms with Crippen molar-refractivity contribution in [1.29, 1.82) is 0 Å². The minimum Gasteiger partial charge on any atom is -0.493 e. The molecular weight excluding hydrogens is 466 g/mol. The number of hydrogen-bond donors (Lipinski definition) is 1. The molecule has 0 fully saturated rings. The van der Waals surface area contributed by atoms with Crippen LogP contribution in [0.1, 0.15) is 26.8 Å². The molecule has 0 saturated heterocycles. The molecule has 0 aliphatic heterocycles. The third kappa shape index (κ3) is 4.98. The SMILES string of the molecule is COc1ccc(N([C@@H](C)C(=O)Nc2ccc3c(c2)sc(=O)n3C(C)C)S(C)(=O)=O)cc1OC. The molecule has 1 atom stereocenters. The van der Waals surface area contributed by atoms with Gasteiger partial charge < -0.3 is 14.8 Å². The van der Waals surface area contributed by atoms with Gasteiger partial charge in [-0.3, -0.25) is 18.5 Å².